The van der Waals surface area contributed by atoms with Crippen LogP contribution in [0.4, 0.5) is 4.79 Å². The number of rotatable bonds is 4. The van der Waals surface area contributed by atoms with Gasteiger partial charge in [-0.3, -0.25) is 0 Å². The molecule has 1 amide bonds. The molecule has 0 aliphatic heterocycles. The predicted octanol–water partition coefficient (Wildman–Crippen LogP) is 3.30. The minimum atomic E-state index is -0.744. The maximum atomic E-state index is 11.6. The number of nitrogens with zero attached hydrogens (tertiary/aromatic N) is 2. The van der Waals surface area contributed by atoms with Gasteiger partial charge in [-0.05, 0) is 38.5 Å². The number of carbonyl (C=O) groups is 1. The molecule has 0 atom stereocenters. The van der Waals surface area contributed by atoms with E-state index in [0.717, 1.165) is 5.56 Å². The zero-order chi connectivity index (χ0) is 17.6. The number of hydrogen-bond donors (Lipinski definition) is 1. The van der Waals surface area contributed by atoms with E-state index in [1.807, 2.05) is 30.3 Å². The second-order valence-electron chi connectivity index (χ2n) is 6.13. The van der Waals surface area contributed by atoms with Crippen molar-refractivity contribution in [3.63, 3.8) is 0 Å². The summed E-state index contributed by atoms with van der Waals surface area (Å²) in [6.45, 7) is 5.72. The number of amides is 1. The van der Waals surface area contributed by atoms with Gasteiger partial charge in [0, 0.05) is 0 Å². The van der Waals surface area contributed by atoms with E-state index in [9.17, 15) is 4.79 Å². The second kappa shape index (κ2) is 7.59. The summed E-state index contributed by atoms with van der Waals surface area (Å²) >= 11 is 0. The van der Waals surface area contributed by atoms with Crippen LogP contribution in [0.1, 0.15) is 32.0 Å². The zero-order valence-electron chi connectivity index (χ0n) is 14.0. The summed E-state index contributed by atoms with van der Waals surface area (Å²) in [5.41, 5.74) is 6.60. The summed E-state index contributed by atoms with van der Waals surface area (Å²) in [4.78, 5) is 19.5. The molecule has 1 aromatic heterocycles. The van der Waals surface area contributed by atoms with Gasteiger partial charge in [0.1, 0.15) is 23.7 Å². The summed E-state index contributed by atoms with van der Waals surface area (Å²) in [6, 6.07) is 13.2. The molecule has 24 heavy (non-hydrogen) atoms. The first-order valence-electron chi connectivity index (χ1n) is 7.54. The van der Waals surface area contributed by atoms with Crippen molar-refractivity contribution in [1.29, 1.82) is 0 Å². The first kappa shape index (κ1) is 17.5. The molecule has 0 spiro atoms. The Morgan fingerprint density at radius 1 is 1.17 bits per heavy atom. The van der Waals surface area contributed by atoms with Crippen molar-refractivity contribution in [1.82, 2.24) is 4.98 Å². The molecule has 0 aliphatic carbocycles. The molecule has 1 aromatic carbocycles. The summed E-state index contributed by atoms with van der Waals surface area (Å²) in [5, 5.41) is 0. The molecule has 2 N–H and O–H groups in total. The van der Waals surface area contributed by atoms with Crippen LogP contribution in [0, 0.1) is 0 Å². The fraction of sp³-hybridized carbons (Fsp3) is 0.278. The number of amidine groups is 1. The van der Waals surface area contributed by atoms with E-state index >= 15 is 0 Å². The van der Waals surface area contributed by atoms with Crippen molar-refractivity contribution in [3.8, 4) is 5.75 Å². The van der Waals surface area contributed by atoms with Gasteiger partial charge in [-0.25, -0.2) is 9.78 Å². The van der Waals surface area contributed by atoms with Gasteiger partial charge in [-0.15, -0.1) is 0 Å². The largest absolute Gasteiger partial charge is 0.487 e. The highest BCUT2D eigenvalue weighted by Crippen LogP contribution is 2.12. The molecule has 0 aliphatic rings. The van der Waals surface area contributed by atoms with Crippen molar-refractivity contribution in [2.24, 2.45) is 10.7 Å². The average Bonchev–Trinajstić information content (AvgIpc) is 2.52. The fourth-order valence-corrected chi connectivity index (χ4v) is 1.80. The van der Waals surface area contributed by atoms with Crippen molar-refractivity contribution >= 4 is 11.9 Å². The summed E-state index contributed by atoms with van der Waals surface area (Å²) < 4.78 is 10.7. The van der Waals surface area contributed by atoms with Crippen LogP contribution in [0.15, 0.2) is 53.7 Å². The topological polar surface area (TPSA) is 86.8 Å². The monoisotopic (exact) mass is 327 g/mol. The quantitative estimate of drug-likeness (QED) is 0.687. The molecular weight excluding hydrogens is 306 g/mol. The Morgan fingerprint density at radius 3 is 2.46 bits per heavy atom. The fourth-order valence-electron chi connectivity index (χ4n) is 1.80. The van der Waals surface area contributed by atoms with Gasteiger partial charge in [-0.2, -0.15) is 4.99 Å². The van der Waals surface area contributed by atoms with Gasteiger partial charge >= 0.3 is 6.09 Å². The summed E-state index contributed by atoms with van der Waals surface area (Å²) in [5.74, 6) is 0.603. The van der Waals surface area contributed by atoms with Crippen LogP contribution >= 0.6 is 0 Å². The third-order valence-corrected chi connectivity index (χ3v) is 2.85. The van der Waals surface area contributed by atoms with Crippen LogP contribution in [0.2, 0.25) is 0 Å². The van der Waals surface area contributed by atoms with Gasteiger partial charge in [0.15, 0.2) is 5.84 Å². The number of carbonyl (C=O) groups excluding carboxylic acids is 1. The SMILES string of the molecule is CC(C)(C)OC(=O)N=C(N)c1ccc(OCc2ccccc2)cn1. The predicted molar refractivity (Wildman–Crippen MR) is 92.0 cm³/mol. The lowest BCUT2D eigenvalue weighted by Gasteiger charge is -2.17. The zero-order valence-corrected chi connectivity index (χ0v) is 14.0. The van der Waals surface area contributed by atoms with E-state index in [4.69, 9.17) is 15.2 Å². The van der Waals surface area contributed by atoms with Crippen molar-refractivity contribution < 1.29 is 14.3 Å². The highest BCUT2D eigenvalue weighted by atomic mass is 16.6. The first-order chi connectivity index (χ1) is 11.3. The normalized spacial score (nSPS) is 11.9. The van der Waals surface area contributed by atoms with E-state index < -0.39 is 11.7 Å². The number of pyridine rings is 1. The molecule has 0 unspecified atom stereocenters. The Bertz CT molecular complexity index is 705. The Labute approximate surface area is 141 Å². The molecule has 1 heterocycles. The van der Waals surface area contributed by atoms with Crippen molar-refractivity contribution in [2.75, 3.05) is 0 Å². The van der Waals surface area contributed by atoms with Crippen molar-refractivity contribution in [2.45, 2.75) is 33.0 Å². The third-order valence-electron chi connectivity index (χ3n) is 2.85. The Hall–Kier alpha value is -2.89. The molecule has 0 radical (unpaired) electrons. The molecule has 0 saturated carbocycles. The van der Waals surface area contributed by atoms with Crippen LogP contribution in [0.5, 0.6) is 5.75 Å². The van der Waals surface area contributed by atoms with Gasteiger partial charge in [0.05, 0.1) is 6.20 Å². The van der Waals surface area contributed by atoms with Crippen LogP contribution < -0.4 is 10.5 Å². The minimum absolute atomic E-state index is 0.00106. The number of aliphatic imine (C=N–C) groups is 1. The van der Waals surface area contributed by atoms with Crippen LogP contribution in [-0.2, 0) is 11.3 Å². The Balaban J connectivity index is 1.97. The Morgan fingerprint density at radius 2 is 1.88 bits per heavy atom. The van der Waals surface area contributed by atoms with Gasteiger partial charge in [0.25, 0.3) is 0 Å². The lowest BCUT2D eigenvalue weighted by Crippen LogP contribution is -2.24. The van der Waals surface area contributed by atoms with E-state index in [0.29, 0.717) is 18.1 Å². The van der Waals surface area contributed by atoms with E-state index in [2.05, 4.69) is 9.98 Å². The first-order valence-corrected chi connectivity index (χ1v) is 7.54. The highest BCUT2D eigenvalue weighted by molar-refractivity contribution is 6.01. The number of ether oxygens (including phenoxy) is 2. The van der Waals surface area contributed by atoms with Crippen LogP contribution in [-0.4, -0.2) is 22.5 Å². The maximum absolute atomic E-state index is 11.6. The molecule has 2 rings (SSSR count). The molecule has 2 aromatic rings. The van der Waals surface area contributed by atoms with E-state index in [1.165, 1.54) is 6.20 Å². The third kappa shape index (κ3) is 5.72. The molecule has 6 heteroatoms. The molecule has 6 nitrogen and oxygen atoms in total. The van der Waals surface area contributed by atoms with Gasteiger partial charge in [-0.1, -0.05) is 30.3 Å². The minimum Gasteiger partial charge on any atom is -0.487 e. The van der Waals surface area contributed by atoms with E-state index in [1.54, 1.807) is 32.9 Å². The second-order valence-corrected chi connectivity index (χ2v) is 6.13. The van der Waals surface area contributed by atoms with Crippen LogP contribution in [0.3, 0.4) is 0 Å². The molecular formula is C18H21N3O3. The molecule has 0 saturated heterocycles. The van der Waals surface area contributed by atoms with Crippen LogP contribution in [0.25, 0.3) is 0 Å². The lowest BCUT2D eigenvalue weighted by molar-refractivity contribution is 0.0604. The van der Waals surface area contributed by atoms with Gasteiger partial charge in [0.2, 0.25) is 0 Å². The molecule has 126 valence electrons. The Kier molecular flexibility index (Phi) is 5.52. The maximum Gasteiger partial charge on any atom is 0.436 e. The summed E-state index contributed by atoms with van der Waals surface area (Å²) in [7, 11) is 0. The number of aromatic nitrogens is 1. The number of benzene rings is 1. The van der Waals surface area contributed by atoms with Gasteiger partial charge < -0.3 is 15.2 Å². The molecule has 0 bridgehead atoms. The van der Waals surface area contributed by atoms with E-state index in [-0.39, 0.29) is 5.84 Å². The summed E-state index contributed by atoms with van der Waals surface area (Å²) in [6.07, 6.45) is 0.793. The standard InChI is InChI=1S/C18H21N3O3/c1-18(2,3)24-17(22)21-16(19)15-10-9-14(11-20-15)23-12-13-7-5-4-6-8-13/h4-11H,12H2,1-3H3,(H2,19,21,22). The lowest BCUT2D eigenvalue weighted by atomic mass is 10.2. The van der Waals surface area contributed by atoms with Crippen molar-refractivity contribution in [3.05, 3.63) is 59.9 Å². The highest BCUT2D eigenvalue weighted by Gasteiger charge is 2.16. The number of hydrogen-bond acceptors (Lipinski definition) is 4. The average molecular weight is 327 g/mol. The number of nitrogens with two attached hydrogens (primary N) is 1. The molecule has 0 fully saturated rings. The smallest absolute Gasteiger partial charge is 0.436 e.